The first-order chi connectivity index (χ1) is 15.1. The van der Waals surface area contributed by atoms with Crippen molar-refractivity contribution in [3.63, 3.8) is 0 Å². The minimum atomic E-state index is -1.20. The number of piperidine rings is 1. The van der Waals surface area contributed by atoms with Crippen molar-refractivity contribution in [2.24, 2.45) is 11.3 Å². The first-order valence-corrected chi connectivity index (χ1v) is 11.1. The lowest BCUT2D eigenvalue weighted by Crippen LogP contribution is -2.58. The largest absolute Gasteiger partial charge is 0.369 e. The van der Waals surface area contributed by atoms with E-state index in [2.05, 4.69) is 15.2 Å². The van der Waals surface area contributed by atoms with Gasteiger partial charge in [0.2, 0.25) is 0 Å². The normalized spacial score (nSPS) is 24.5. The van der Waals surface area contributed by atoms with E-state index in [0.717, 1.165) is 38.2 Å². The van der Waals surface area contributed by atoms with Gasteiger partial charge in [0.15, 0.2) is 5.78 Å². The third-order valence-corrected chi connectivity index (χ3v) is 6.55. The molecule has 1 aromatic carbocycles. The van der Waals surface area contributed by atoms with Crippen LogP contribution >= 0.6 is 0 Å². The van der Waals surface area contributed by atoms with Gasteiger partial charge in [0.1, 0.15) is 5.41 Å². The number of Topliss-reactive ketones (excluding diaryl/α,β-unsaturated/α-hetero) is 1. The van der Waals surface area contributed by atoms with Gasteiger partial charge in [0.05, 0.1) is 13.1 Å². The smallest absolute Gasteiger partial charge is 0.340 e. The molecule has 0 saturated carbocycles. The SMILES string of the molecule is CCC1CCNCC1(C(=O)ON1CCN(c2ccncc2)CC1)C(=O)c1ccccc1. The number of ketones is 1. The Morgan fingerprint density at radius 3 is 2.48 bits per heavy atom. The van der Waals surface area contributed by atoms with Gasteiger partial charge in [0, 0.05) is 43.3 Å². The molecule has 2 saturated heterocycles. The molecule has 2 unspecified atom stereocenters. The van der Waals surface area contributed by atoms with Crippen LogP contribution in [-0.2, 0) is 9.63 Å². The zero-order valence-electron chi connectivity index (χ0n) is 18.0. The maximum absolute atomic E-state index is 13.6. The minimum Gasteiger partial charge on any atom is -0.369 e. The Hall–Kier alpha value is -2.77. The molecule has 3 heterocycles. The monoisotopic (exact) mass is 422 g/mol. The van der Waals surface area contributed by atoms with Crippen LogP contribution in [0.1, 0.15) is 30.1 Å². The lowest BCUT2D eigenvalue weighted by atomic mass is 9.66. The number of hydrogen-bond donors (Lipinski definition) is 1. The number of hydrogen-bond acceptors (Lipinski definition) is 7. The molecule has 0 amide bonds. The van der Waals surface area contributed by atoms with Crippen LogP contribution in [0.5, 0.6) is 0 Å². The number of hydroxylamine groups is 2. The van der Waals surface area contributed by atoms with Crippen molar-refractivity contribution in [2.75, 3.05) is 44.2 Å². The number of nitrogens with zero attached hydrogens (tertiary/aromatic N) is 3. The van der Waals surface area contributed by atoms with Crippen LogP contribution in [0.4, 0.5) is 5.69 Å². The van der Waals surface area contributed by atoms with Crippen molar-refractivity contribution in [1.29, 1.82) is 0 Å². The Morgan fingerprint density at radius 2 is 1.81 bits per heavy atom. The van der Waals surface area contributed by atoms with Crippen LogP contribution in [-0.4, -0.2) is 61.1 Å². The van der Waals surface area contributed by atoms with Crippen molar-refractivity contribution in [1.82, 2.24) is 15.4 Å². The zero-order chi connectivity index (χ0) is 21.7. The van der Waals surface area contributed by atoms with Gasteiger partial charge >= 0.3 is 5.97 Å². The summed E-state index contributed by atoms with van der Waals surface area (Å²) in [7, 11) is 0. The average molecular weight is 423 g/mol. The van der Waals surface area contributed by atoms with Gasteiger partial charge in [-0.05, 0) is 31.0 Å². The Balaban J connectivity index is 1.50. The minimum absolute atomic E-state index is 0.0490. The van der Waals surface area contributed by atoms with E-state index in [-0.39, 0.29) is 11.7 Å². The highest BCUT2D eigenvalue weighted by atomic mass is 16.7. The fourth-order valence-corrected chi connectivity index (χ4v) is 4.74. The third-order valence-electron chi connectivity index (χ3n) is 6.55. The van der Waals surface area contributed by atoms with Gasteiger partial charge in [-0.1, -0.05) is 43.7 Å². The Morgan fingerprint density at radius 1 is 1.10 bits per heavy atom. The second-order valence-corrected chi connectivity index (χ2v) is 8.24. The van der Waals surface area contributed by atoms with Crippen molar-refractivity contribution in [2.45, 2.75) is 19.8 Å². The number of nitrogens with one attached hydrogen (secondary N) is 1. The van der Waals surface area contributed by atoms with Gasteiger partial charge in [-0.2, -0.15) is 0 Å². The lowest BCUT2D eigenvalue weighted by molar-refractivity contribution is -0.204. The fraction of sp³-hybridized carbons (Fsp3) is 0.458. The van der Waals surface area contributed by atoms with Crippen LogP contribution in [0.3, 0.4) is 0 Å². The number of piperazine rings is 1. The third kappa shape index (κ3) is 4.34. The van der Waals surface area contributed by atoms with Gasteiger partial charge in [0.25, 0.3) is 0 Å². The number of pyridine rings is 1. The van der Waals surface area contributed by atoms with Crippen LogP contribution in [0.15, 0.2) is 54.9 Å². The van der Waals surface area contributed by atoms with Crippen LogP contribution < -0.4 is 10.2 Å². The first-order valence-electron chi connectivity index (χ1n) is 11.1. The van der Waals surface area contributed by atoms with Crippen LogP contribution in [0.25, 0.3) is 0 Å². The van der Waals surface area contributed by atoms with E-state index in [9.17, 15) is 9.59 Å². The zero-order valence-corrected chi connectivity index (χ0v) is 18.0. The molecule has 4 rings (SSSR count). The molecular weight excluding hydrogens is 392 g/mol. The molecule has 0 spiro atoms. The molecule has 31 heavy (non-hydrogen) atoms. The topological polar surface area (TPSA) is 74.8 Å². The summed E-state index contributed by atoms with van der Waals surface area (Å²) in [4.78, 5) is 39.4. The van der Waals surface area contributed by atoms with Crippen molar-refractivity contribution in [3.8, 4) is 0 Å². The van der Waals surface area contributed by atoms with E-state index < -0.39 is 11.4 Å². The van der Waals surface area contributed by atoms with Crippen LogP contribution in [0.2, 0.25) is 0 Å². The highest BCUT2D eigenvalue weighted by molar-refractivity contribution is 6.13. The van der Waals surface area contributed by atoms with E-state index in [4.69, 9.17) is 4.84 Å². The van der Waals surface area contributed by atoms with Gasteiger partial charge < -0.3 is 15.1 Å². The van der Waals surface area contributed by atoms with Crippen molar-refractivity contribution in [3.05, 3.63) is 60.4 Å². The molecule has 2 aromatic rings. The van der Waals surface area contributed by atoms with E-state index in [1.807, 2.05) is 37.3 Å². The summed E-state index contributed by atoms with van der Waals surface area (Å²) in [5, 5.41) is 4.99. The summed E-state index contributed by atoms with van der Waals surface area (Å²) >= 11 is 0. The molecule has 0 bridgehead atoms. The lowest BCUT2D eigenvalue weighted by Gasteiger charge is -2.42. The summed E-state index contributed by atoms with van der Waals surface area (Å²) < 4.78 is 0. The molecule has 1 aromatic heterocycles. The Kier molecular flexibility index (Phi) is 6.63. The summed E-state index contributed by atoms with van der Waals surface area (Å²) in [6.45, 7) is 5.83. The highest BCUT2D eigenvalue weighted by Crippen LogP contribution is 2.39. The summed E-state index contributed by atoms with van der Waals surface area (Å²) in [5.41, 5.74) is 0.472. The predicted molar refractivity (Wildman–Crippen MR) is 119 cm³/mol. The number of aromatic nitrogens is 1. The molecule has 2 aliphatic heterocycles. The van der Waals surface area contributed by atoms with E-state index in [0.29, 0.717) is 25.2 Å². The maximum Gasteiger partial charge on any atom is 0.340 e. The molecule has 2 fully saturated rings. The average Bonchev–Trinajstić information content (AvgIpc) is 2.85. The highest BCUT2D eigenvalue weighted by Gasteiger charge is 2.54. The summed E-state index contributed by atoms with van der Waals surface area (Å²) in [6.07, 6.45) is 5.09. The molecule has 7 nitrogen and oxygen atoms in total. The Bertz CT molecular complexity index is 884. The van der Waals surface area contributed by atoms with Crippen molar-refractivity contribution < 1.29 is 14.4 Å². The second-order valence-electron chi connectivity index (χ2n) is 8.24. The predicted octanol–water partition coefficient (Wildman–Crippen LogP) is 2.55. The second kappa shape index (κ2) is 9.58. The molecule has 2 atom stereocenters. The standard InChI is InChI=1S/C24H30N4O3/c1-2-20-8-11-26-18-24(20,22(29)19-6-4-3-5-7-19)23(30)31-28-16-14-27(15-17-28)21-9-12-25-13-10-21/h3-7,9-10,12-13,20,26H,2,8,11,14-18H2,1H3. The molecule has 1 N–H and O–H groups in total. The first kappa shape index (κ1) is 21.5. The quantitative estimate of drug-likeness (QED) is 0.566. The van der Waals surface area contributed by atoms with Crippen LogP contribution in [0, 0.1) is 11.3 Å². The van der Waals surface area contributed by atoms with E-state index in [1.54, 1.807) is 29.6 Å². The maximum atomic E-state index is 13.6. The number of benzene rings is 1. The van der Waals surface area contributed by atoms with Crippen molar-refractivity contribution >= 4 is 17.4 Å². The summed E-state index contributed by atoms with van der Waals surface area (Å²) in [5.74, 6) is -0.627. The van der Waals surface area contributed by atoms with Gasteiger partial charge in [-0.3, -0.25) is 9.78 Å². The van der Waals surface area contributed by atoms with E-state index in [1.165, 1.54) is 0 Å². The Labute approximate surface area is 183 Å². The van der Waals surface area contributed by atoms with Gasteiger partial charge in [-0.15, -0.1) is 5.06 Å². The van der Waals surface area contributed by atoms with E-state index >= 15 is 0 Å². The fourth-order valence-electron chi connectivity index (χ4n) is 4.74. The number of rotatable bonds is 6. The molecule has 7 heteroatoms. The number of anilines is 1. The number of carbonyl (C=O) groups excluding carboxylic acids is 2. The van der Waals surface area contributed by atoms with Gasteiger partial charge in [-0.25, -0.2) is 4.79 Å². The molecule has 0 aliphatic carbocycles. The molecule has 2 aliphatic rings. The molecule has 0 radical (unpaired) electrons. The number of carbonyl (C=O) groups is 2. The molecular formula is C24H30N4O3. The molecule has 164 valence electrons. The summed E-state index contributed by atoms with van der Waals surface area (Å²) in [6, 6.07) is 13.1.